The number of benzene rings is 1. The Bertz CT molecular complexity index is 554. The molecule has 0 aliphatic rings. The third-order valence-electron chi connectivity index (χ3n) is 3.09. The first-order chi connectivity index (χ1) is 9.99. The van der Waals surface area contributed by atoms with Crippen molar-refractivity contribution in [3.05, 3.63) is 46.5 Å². The van der Waals surface area contributed by atoms with Gasteiger partial charge in [0, 0.05) is 22.3 Å². The van der Waals surface area contributed by atoms with Crippen LogP contribution in [0.25, 0.3) is 0 Å². The zero-order valence-electron chi connectivity index (χ0n) is 13.3. The van der Waals surface area contributed by atoms with Crippen LogP contribution in [0, 0.1) is 0 Å². The first-order valence-corrected chi connectivity index (χ1v) is 8.77. The summed E-state index contributed by atoms with van der Waals surface area (Å²) in [5.74, 6) is -1.07. The molecule has 0 saturated heterocycles. The van der Waals surface area contributed by atoms with Crippen LogP contribution in [0.1, 0.15) is 39.7 Å². The van der Waals surface area contributed by atoms with Gasteiger partial charge in [-0.1, -0.05) is 33.6 Å². The normalized spacial score (nSPS) is 15.9. The molecular formula is C16H22BrNO3S. The Labute approximate surface area is 143 Å². The lowest BCUT2D eigenvalue weighted by Crippen LogP contribution is -2.55. The van der Waals surface area contributed by atoms with Gasteiger partial charge in [-0.3, -0.25) is 0 Å². The summed E-state index contributed by atoms with van der Waals surface area (Å²) in [6, 6.07) is 6.97. The summed E-state index contributed by atoms with van der Waals surface area (Å²) in [6.07, 6.45) is 0.159. The molecule has 22 heavy (non-hydrogen) atoms. The molecule has 2 N–H and O–H groups in total. The highest BCUT2D eigenvalue weighted by Crippen LogP contribution is 2.32. The van der Waals surface area contributed by atoms with E-state index in [1.807, 2.05) is 0 Å². The van der Waals surface area contributed by atoms with Crippen LogP contribution in [0.3, 0.4) is 0 Å². The third kappa shape index (κ3) is 4.59. The van der Waals surface area contributed by atoms with Crippen LogP contribution in [-0.4, -0.2) is 20.4 Å². The van der Waals surface area contributed by atoms with Gasteiger partial charge >= 0.3 is 5.97 Å². The number of nitrogens with one attached hydrogen (secondary N) is 1. The minimum Gasteiger partial charge on any atom is -0.598 e. The second kappa shape index (κ2) is 7.17. The largest absolute Gasteiger partial charge is 0.598 e. The second-order valence-corrected chi connectivity index (χ2v) is 9.22. The fourth-order valence-electron chi connectivity index (χ4n) is 1.94. The lowest BCUT2D eigenvalue weighted by atomic mass is 9.85. The lowest BCUT2D eigenvalue weighted by molar-refractivity contribution is -0.144. The Morgan fingerprint density at radius 3 is 2.23 bits per heavy atom. The van der Waals surface area contributed by atoms with Crippen molar-refractivity contribution >= 4 is 33.3 Å². The number of hydrogen-bond donors (Lipinski definition) is 2. The standard InChI is InChI=1S/C16H22BrNO3S/c1-11(2)10-16(14(19)20,18-22(21)15(3,4)5)12-6-8-13(17)9-7-12/h6-9,18H,1,10H2,2-5H3,(H,19,20)/t16?,22-/m0/s1. The van der Waals surface area contributed by atoms with Crippen LogP contribution >= 0.6 is 15.9 Å². The molecule has 6 heteroatoms. The van der Waals surface area contributed by atoms with Crippen molar-refractivity contribution in [1.29, 1.82) is 0 Å². The number of hydrogen-bond acceptors (Lipinski definition) is 3. The minimum absolute atomic E-state index is 0.159. The maximum absolute atomic E-state index is 12.5. The first-order valence-electron chi connectivity index (χ1n) is 6.82. The molecule has 0 amide bonds. The van der Waals surface area contributed by atoms with Crippen molar-refractivity contribution in [1.82, 2.24) is 4.72 Å². The summed E-state index contributed by atoms with van der Waals surface area (Å²) in [7, 11) is 0. The van der Waals surface area contributed by atoms with Crippen molar-refractivity contribution in [2.45, 2.75) is 44.4 Å². The van der Waals surface area contributed by atoms with Gasteiger partial charge in [-0.15, -0.1) is 11.3 Å². The van der Waals surface area contributed by atoms with E-state index in [4.69, 9.17) is 0 Å². The highest BCUT2D eigenvalue weighted by atomic mass is 79.9. The van der Waals surface area contributed by atoms with Crippen molar-refractivity contribution in [2.75, 3.05) is 0 Å². The third-order valence-corrected chi connectivity index (χ3v) is 5.27. The van der Waals surface area contributed by atoms with Gasteiger partial charge in [0.2, 0.25) is 0 Å². The molecule has 0 aliphatic heterocycles. The summed E-state index contributed by atoms with van der Waals surface area (Å²) >= 11 is 1.80. The van der Waals surface area contributed by atoms with E-state index >= 15 is 0 Å². The molecule has 122 valence electrons. The molecule has 1 aromatic rings. The summed E-state index contributed by atoms with van der Waals surface area (Å²) in [5.41, 5.74) is -0.225. The van der Waals surface area contributed by atoms with E-state index in [-0.39, 0.29) is 6.42 Å². The molecule has 4 nitrogen and oxygen atoms in total. The number of carboxylic acids is 1. The van der Waals surface area contributed by atoms with Gasteiger partial charge in [0.25, 0.3) is 0 Å². The molecule has 1 unspecified atom stereocenters. The summed E-state index contributed by atoms with van der Waals surface area (Å²) < 4.78 is 15.6. The van der Waals surface area contributed by atoms with E-state index < -0.39 is 27.6 Å². The van der Waals surface area contributed by atoms with Gasteiger partial charge < -0.3 is 9.66 Å². The lowest BCUT2D eigenvalue weighted by Gasteiger charge is -2.35. The molecule has 2 atom stereocenters. The van der Waals surface area contributed by atoms with Crippen LogP contribution in [-0.2, 0) is 21.7 Å². The van der Waals surface area contributed by atoms with E-state index in [2.05, 4.69) is 27.2 Å². The fraction of sp³-hybridized carbons (Fsp3) is 0.438. The smallest absolute Gasteiger partial charge is 0.333 e. The predicted molar refractivity (Wildman–Crippen MR) is 93.9 cm³/mol. The average Bonchev–Trinajstić information content (AvgIpc) is 2.36. The molecule has 1 rings (SSSR count). The number of halogens is 1. The van der Waals surface area contributed by atoms with E-state index in [0.717, 1.165) is 4.47 Å². The highest BCUT2D eigenvalue weighted by molar-refractivity contribution is 9.10. The maximum atomic E-state index is 12.5. The fourth-order valence-corrected chi connectivity index (χ4v) is 3.10. The summed E-state index contributed by atoms with van der Waals surface area (Å²) in [6.45, 7) is 11.0. The molecule has 0 heterocycles. The average molecular weight is 388 g/mol. The molecule has 1 aromatic carbocycles. The van der Waals surface area contributed by atoms with Gasteiger partial charge in [0.15, 0.2) is 5.54 Å². The zero-order chi connectivity index (χ0) is 17.1. The summed E-state index contributed by atoms with van der Waals surface area (Å²) in [4.78, 5) is 12.1. The molecular weight excluding hydrogens is 366 g/mol. The number of carbonyl (C=O) groups is 1. The number of rotatable bonds is 6. The van der Waals surface area contributed by atoms with E-state index in [0.29, 0.717) is 11.1 Å². The van der Waals surface area contributed by atoms with E-state index in [1.54, 1.807) is 52.0 Å². The molecule has 0 aromatic heterocycles. The van der Waals surface area contributed by atoms with Crippen molar-refractivity contribution in [3.8, 4) is 0 Å². The quantitative estimate of drug-likeness (QED) is 0.575. The minimum atomic E-state index is -1.53. The Morgan fingerprint density at radius 1 is 1.36 bits per heavy atom. The molecule has 0 bridgehead atoms. The molecule has 0 radical (unpaired) electrons. The van der Waals surface area contributed by atoms with Crippen LogP contribution in [0.15, 0.2) is 40.9 Å². The zero-order valence-corrected chi connectivity index (χ0v) is 15.7. The number of carboxylic acid groups (broad SMARTS) is 1. The SMILES string of the molecule is C=C(C)CC(N[S@@+]([O-])C(C)(C)C)(C(=O)O)c1ccc(Br)cc1. The van der Waals surface area contributed by atoms with Crippen LogP contribution < -0.4 is 4.72 Å². The van der Waals surface area contributed by atoms with E-state index in [9.17, 15) is 14.5 Å². The van der Waals surface area contributed by atoms with Crippen molar-refractivity contribution in [2.24, 2.45) is 0 Å². The Kier molecular flexibility index (Phi) is 6.27. The number of aliphatic carboxylic acids is 1. The topological polar surface area (TPSA) is 72.4 Å². The van der Waals surface area contributed by atoms with Crippen LogP contribution in [0.5, 0.6) is 0 Å². The molecule has 0 saturated carbocycles. The van der Waals surface area contributed by atoms with Gasteiger partial charge in [-0.05, 0) is 45.4 Å². The second-order valence-electron chi connectivity index (χ2n) is 6.33. The van der Waals surface area contributed by atoms with Gasteiger partial charge in [-0.2, -0.15) is 0 Å². The Balaban J connectivity index is 3.37. The highest BCUT2D eigenvalue weighted by Gasteiger charge is 2.46. The van der Waals surface area contributed by atoms with Crippen molar-refractivity contribution < 1.29 is 14.5 Å². The molecule has 0 aliphatic carbocycles. The van der Waals surface area contributed by atoms with Gasteiger partial charge in [0.05, 0.1) is 0 Å². The van der Waals surface area contributed by atoms with Crippen LogP contribution in [0.2, 0.25) is 0 Å². The Morgan fingerprint density at radius 2 is 1.86 bits per heavy atom. The monoisotopic (exact) mass is 387 g/mol. The molecule has 0 fully saturated rings. The maximum Gasteiger partial charge on any atom is 0.333 e. The first kappa shape index (κ1) is 19.2. The van der Waals surface area contributed by atoms with E-state index in [1.165, 1.54) is 0 Å². The van der Waals surface area contributed by atoms with Gasteiger partial charge in [-0.25, -0.2) is 4.79 Å². The predicted octanol–water partition coefficient (Wildman–Crippen LogP) is 3.75. The molecule has 0 spiro atoms. The van der Waals surface area contributed by atoms with Gasteiger partial charge in [0.1, 0.15) is 4.75 Å². The Hall–Kier alpha value is -0.820. The van der Waals surface area contributed by atoms with Crippen LogP contribution in [0.4, 0.5) is 0 Å². The van der Waals surface area contributed by atoms with Crippen molar-refractivity contribution in [3.63, 3.8) is 0 Å². The summed E-state index contributed by atoms with van der Waals surface area (Å²) in [5, 5.41) is 9.86.